The third kappa shape index (κ3) is 5.26. The van der Waals surface area contributed by atoms with Gasteiger partial charge in [0.15, 0.2) is 6.61 Å². The number of hydrogen-bond donors (Lipinski definition) is 1. The van der Waals surface area contributed by atoms with Crippen molar-refractivity contribution in [1.82, 2.24) is 4.98 Å². The number of rotatable bonds is 7. The standard InChI is InChI=1S/C20H18N2O3S/c1-26-18-11-5-15(6-12-18)22-19(23)14-24-16-7-9-17(10-8-16)25-20-4-2-3-13-21-20/h2-13H,14H2,1H3,(H,22,23). The number of hydrogen-bond acceptors (Lipinski definition) is 5. The fourth-order valence-electron chi connectivity index (χ4n) is 2.15. The Morgan fingerprint density at radius 1 is 1.00 bits per heavy atom. The molecule has 3 aromatic rings. The molecule has 132 valence electrons. The van der Waals surface area contributed by atoms with Crippen molar-refractivity contribution >= 4 is 23.4 Å². The van der Waals surface area contributed by atoms with Crippen LogP contribution >= 0.6 is 11.8 Å². The minimum absolute atomic E-state index is 0.0648. The summed E-state index contributed by atoms with van der Waals surface area (Å²) in [6.07, 6.45) is 3.67. The van der Waals surface area contributed by atoms with E-state index < -0.39 is 0 Å². The van der Waals surface area contributed by atoms with Crippen molar-refractivity contribution in [3.63, 3.8) is 0 Å². The smallest absolute Gasteiger partial charge is 0.262 e. The quantitative estimate of drug-likeness (QED) is 0.619. The summed E-state index contributed by atoms with van der Waals surface area (Å²) >= 11 is 1.65. The highest BCUT2D eigenvalue weighted by Gasteiger charge is 2.05. The van der Waals surface area contributed by atoms with E-state index >= 15 is 0 Å². The molecule has 0 aliphatic carbocycles. The van der Waals surface area contributed by atoms with Gasteiger partial charge in [-0.2, -0.15) is 0 Å². The summed E-state index contributed by atoms with van der Waals surface area (Å²) in [6, 6.07) is 20.1. The first-order valence-corrected chi connectivity index (χ1v) is 9.21. The molecule has 26 heavy (non-hydrogen) atoms. The molecule has 5 nitrogen and oxygen atoms in total. The van der Waals surface area contributed by atoms with Crippen LogP contribution in [0.3, 0.4) is 0 Å². The Balaban J connectivity index is 1.48. The van der Waals surface area contributed by atoms with Gasteiger partial charge in [0, 0.05) is 22.8 Å². The molecule has 0 saturated carbocycles. The summed E-state index contributed by atoms with van der Waals surface area (Å²) in [5, 5.41) is 2.80. The summed E-state index contributed by atoms with van der Waals surface area (Å²) in [5.41, 5.74) is 0.746. The molecule has 1 amide bonds. The lowest BCUT2D eigenvalue weighted by Gasteiger charge is -2.09. The average molecular weight is 366 g/mol. The number of nitrogens with one attached hydrogen (secondary N) is 1. The molecule has 0 unspecified atom stereocenters. The van der Waals surface area contributed by atoms with Gasteiger partial charge in [0.25, 0.3) is 5.91 Å². The van der Waals surface area contributed by atoms with Crippen molar-refractivity contribution in [2.45, 2.75) is 4.90 Å². The Bertz CT molecular complexity index is 837. The monoisotopic (exact) mass is 366 g/mol. The van der Waals surface area contributed by atoms with Crippen LogP contribution in [0, 0.1) is 0 Å². The minimum Gasteiger partial charge on any atom is -0.484 e. The number of aromatic nitrogens is 1. The Kier molecular flexibility index (Phi) is 6.11. The molecule has 1 heterocycles. The van der Waals surface area contributed by atoms with Crippen LogP contribution in [0.4, 0.5) is 5.69 Å². The normalized spacial score (nSPS) is 10.2. The van der Waals surface area contributed by atoms with Crippen molar-refractivity contribution in [3.05, 3.63) is 72.9 Å². The van der Waals surface area contributed by atoms with E-state index in [1.54, 1.807) is 48.3 Å². The van der Waals surface area contributed by atoms with Crippen LogP contribution in [0.1, 0.15) is 0 Å². The highest BCUT2D eigenvalue weighted by molar-refractivity contribution is 7.98. The number of carbonyl (C=O) groups is 1. The maximum absolute atomic E-state index is 12.0. The topological polar surface area (TPSA) is 60.5 Å². The first-order chi connectivity index (χ1) is 12.7. The van der Waals surface area contributed by atoms with Crippen molar-refractivity contribution in [2.75, 3.05) is 18.2 Å². The van der Waals surface area contributed by atoms with Gasteiger partial charge < -0.3 is 14.8 Å². The number of anilines is 1. The predicted molar refractivity (Wildman–Crippen MR) is 103 cm³/mol. The molecular formula is C20H18N2O3S. The number of pyridine rings is 1. The SMILES string of the molecule is CSc1ccc(NC(=O)COc2ccc(Oc3ccccn3)cc2)cc1. The molecule has 1 N–H and O–H groups in total. The van der Waals surface area contributed by atoms with Crippen LogP contribution in [0.25, 0.3) is 0 Å². The molecule has 0 fully saturated rings. The second-order valence-corrected chi connectivity index (χ2v) is 6.19. The molecule has 0 atom stereocenters. The zero-order valence-corrected chi connectivity index (χ0v) is 15.0. The molecule has 0 aliphatic rings. The van der Waals surface area contributed by atoms with Gasteiger partial charge in [-0.1, -0.05) is 6.07 Å². The number of amides is 1. The van der Waals surface area contributed by atoms with Gasteiger partial charge in [-0.25, -0.2) is 4.98 Å². The van der Waals surface area contributed by atoms with Crippen molar-refractivity contribution in [1.29, 1.82) is 0 Å². The van der Waals surface area contributed by atoms with E-state index in [0.717, 1.165) is 10.6 Å². The first kappa shape index (κ1) is 17.8. The van der Waals surface area contributed by atoms with Crippen LogP contribution in [-0.2, 0) is 4.79 Å². The Hall–Kier alpha value is -2.99. The lowest BCUT2D eigenvalue weighted by molar-refractivity contribution is -0.118. The molecule has 0 aliphatic heterocycles. The van der Waals surface area contributed by atoms with E-state index in [2.05, 4.69) is 10.3 Å². The molecule has 3 rings (SSSR count). The Labute approximate surface area is 156 Å². The number of benzene rings is 2. The van der Waals surface area contributed by atoms with Gasteiger partial charge >= 0.3 is 0 Å². The van der Waals surface area contributed by atoms with Gasteiger partial charge in [-0.3, -0.25) is 4.79 Å². The van der Waals surface area contributed by atoms with Crippen molar-refractivity contribution in [2.24, 2.45) is 0 Å². The number of nitrogens with zero attached hydrogens (tertiary/aromatic N) is 1. The maximum Gasteiger partial charge on any atom is 0.262 e. The molecule has 0 radical (unpaired) electrons. The van der Waals surface area contributed by atoms with Gasteiger partial charge in [0.05, 0.1) is 0 Å². The summed E-state index contributed by atoms with van der Waals surface area (Å²) in [6.45, 7) is -0.0648. The number of thioether (sulfide) groups is 1. The first-order valence-electron chi connectivity index (χ1n) is 7.98. The van der Waals surface area contributed by atoms with E-state index in [0.29, 0.717) is 17.4 Å². The third-order valence-corrected chi connectivity index (χ3v) is 4.17. The van der Waals surface area contributed by atoms with E-state index in [4.69, 9.17) is 9.47 Å². The lowest BCUT2D eigenvalue weighted by Crippen LogP contribution is -2.20. The fraction of sp³-hybridized carbons (Fsp3) is 0.100. The summed E-state index contributed by atoms with van der Waals surface area (Å²) in [5.74, 6) is 1.55. The fourth-order valence-corrected chi connectivity index (χ4v) is 2.56. The van der Waals surface area contributed by atoms with Crippen molar-refractivity contribution < 1.29 is 14.3 Å². The zero-order valence-electron chi connectivity index (χ0n) is 14.2. The number of carbonyl (C=O) groups excluding carboxylic acids is 1. The molecule has 1 aromatic heterocycles. The minimum atomic E-state index is -0.212. The van der Waals surface area contributed by atoms with E-state index in [-0.39, 0.29) is 12.5 Å². The molecule has 2 aromatic carbocycles. The molecular weight excluding hydrogens is 348 g/mol. The van der Waals surface area contributed by atoms with E-state index in [9.17, 15) is 4.79 Å². The molecule has 0 saturated heterocycles. The van der Waals surface area contributed by atoms with Crippen LogP contribution in [0.2, 0.25) is 0 Å². The van der Waals surface area contributed by atoms with Crippen LogP contribution < -0.4 is 14.8 Å². The second-order valence-electron chi connectivity index (χ2n) is 5.31. The van der Waals surface area contributed by atoms with E-state index in [1.807, 2.05) is 42.7 Å². The van der Waals surface area contributed by atoms with Gasteiger partial charge in [-0.05, 0) is 60.9 Å². The predicted octanol–water partition coefficient (Wildman–Crippen LogP) is 4.61. The average Bonchev–Trinajstić information content (AvgIpc) is 2.69. The van der Waals surface area contributed by atoms with Gasteiger partial charge in [0.1, 0.15) is 11.5 Å². The highest BCUT2D eigenvalue weighted by atomic mass is 32.2. The summed E-state index contributed by atoms with van der Waals surface area (Å²) in [7, 11) is 0. The van der Waals surface area contributed by atoms with Crippen LogP contribution in [-0.4, -0.2) is 23.8 Å². The summed E-state index contributed by atoms with van der Waals surface area (Å²) < 4.78 is 11.1. The maximum atomic E-state index is 12.0. The molecule has 0 bridgehead atoms. The van der Waals surface area contributed by atoms with Crippen LogP contribution in [0.5, 0.6) is 17.4 Å². The van der Waals surface area contributed by atoms with Crippen molar-refractivity contribution in [3.8, 4) is 17.4 Å². The van der Waals surface area contributed by atoms with Gasteiger partial charge in [0.2, 0.25) is 5.88 Å². The Morgan fingerprint density at radius 3 is 2.38 bits per heavy atom. The number of ether oxygens (including phenoxy) is 2. The van der Waals surface area contributed by atoms with Gasteiger partial charge in [-0.15, -0.1) is 11.8 Å². The highest BCUT2D eigenvalue weighted by Crippen LogP contribution is 2.22. The molecule has 6 heteroatoms. The largest absolute Gasteiger partial charge is 0.484 e. The Morgan fingerprint density at radius 2 is 1.73 bits per heavy atom. The molecule has 0 spiro atoms. The summed E-state index contributed by atoms with van der Waals surface area (Å²) in [4.78, 5) is 17.2. The second kappa shape index (κ2) is 8.92. The lowest BCUT2D eigenvalue weighted by atomic mass is 10.3. The zero-order chi connectivity index (χ0) is 18.2. The third-order valence-electron chi connectivity index (χ3n) is 3.43. The van der Waals surface area contributed by atoms with Crippen LogP contribution in [0.15, 0.2) is 77.8 Å². The van der Waals surface area contributed by atoms with E-state index in [1.165, 1.54) is 0 Å².